The predicted octanol–water partition coefficient (Wildman–Crippen LogP) is 7.55. The minimum atomic E-state index is -3.78. The van der Waals surface area contributed by atoms with Crippen molar-refractivity contribution in [2.75, 3.05) is 95.0 Å². The highest BCUT2D eigenvalue weighted by molar-refractivity contribution is 7.87. The molecule has 12 rings (SSSR count). The van der Waals surface area contributed by atoms with E-state index >= 15 is 0 Å². The quantitative estimate of drug-likeness (QED) is 0.0379. The van der Waals surface area contributed by atoms with Gasteiger partial charge in [-0.2, -0.15) is 21.1 Å². The smallest absolute Gasteiger partial charge is 0.335 e. The van der Waals surface area contributed by atoms with Crippen LogP contribution in [-0.2, 0) is 52.6 Å². The van der Waals surface area contributed by atoms with Crippen molar-refractivity contribution in [1.29, 1.82) is 0 Å². The van der Waals surface area contributed by atoms with Crippen molar-refractivity contribution in [3.05, 3.63) is 106 Å². The molecule has 23 nitrogen and oxygen atoms in total. The van der Waals surface area contributed by atoms with Crippen LogP contribution in [0.4, 0.5) is 0 Å². The van der Waals surface area contributed by atoms with Crippen molar-refractivity contribution in [3.63, 3.8) is 0 Å². The number of carboxylic acid groups (broad SMARTS) is 2. The van der Waals surface area contributed by atoms with Crippen molar-refractivity contribution >= 4 is 66.0 Å². The molecule has 4 saturated carbocycles. The fourth-order valence-corrected chi connectivity index (χ4v) is 15.2. The number of nitrogens with two attached hydrogens (primary N) is 3. The summed E-state index contributed by atoms with van der Waals surface area (Å²) >= 11 is 0. The van der Waals surface area contributed by atoms with E-state index in [1.54, 1.807) is 44.4 Å². The van der Waals surface area contributed by atoms with Gasteiger partial charge in [0.2, 0.25) is 11.8 Å². The van der Waals surface area contributed by atoms with Crippen LogP contribution < -0.4 is 30.2 Å². The average Bonchev–Trinajstić information content (AvgIpc) is 1.53. The molecule has 0 unspecified atom stereocenters. The second-order valence-electron chi connectivity index (χ2n) is 25.4. The van der Waals surface area contributed by atoms with Crippen molar-refractivity contribution in [1.82, 2.24) is 28.6 Å². The number of benzene rings is 4. The Hall–Kier alpha value is -6.94. The average molecular weight is 1290 g/mol. The molecule has 91 heavy (non-hydrogen) atoms. The molecule has 6 aromatic rings. The Balaban J connectivity index is 0.000000187. The molecule has 4 fully saturated rings. The number of ether oxygens (including phenoxy) is 4. The van der Waals surface area contributed by atoms with Crippen LogP contribution in [0.25, 0.3) is 44.3 Å². The molecule has 4 atom stereocenters. The Kier molecular flexibility index (Phi) is 20.1. The number of hydrogen-bond donors (Lipinski definition) is 6. The molecule has 4 aromatic carbocycles. The summed E-state index contributed by atoms with van der Waals surface area (Å²) in [6.45, 7) is 4.22. The SMILES string of the molecule is CNCCOCCN(C)C(=O)[C@]12C[C@H]1c1cc(OC)ccc1-c1c(C3CCCCC3)c3ccc(C(=O)O)cc3n1C2.COc1ccc2c(c1)[C@@H]1C[C@]1(C(=O)N(C)CCOCCN(C)S(N)(=O)=O)Cn1c-2c(C2CCCCC2)c2ccc(C(=O)O)cc21.NS(N)(=O)=O. The predicted molar refractivity (Wildman–Crippen MR) is 347 cm³/mol. The van der Waals surface area contributed by atoms with E-state index in [9.17, 15) is 46.2 Å². The van der Waals surface area contributed by atoms with Crippen LogP contribution in [-0.4, -0.2) is 169 Å². The fraction of sp³-hybridized carbons (Fsp3) is 0.515. The third-order valence-corrected chi connectivity index (χ3v) is 20.8. The van der Waals surface area contributed by atoms with Gasteiger partial charge in [0.05, 0.1) is 74.0 Å². The number of nitrogens with zero attached hydrogens (tertiary/aromatic N) is 5. The summed E-state index contributed by atoms with van der Waals surface area (Å²) in [5.41, 5.74) is 10.3. The molecule has 2 aliphatic heterocycles. The first-order valence-corrected chi connectivity index (χ1v) is 34.5. The van der Waals surface area contributed by atoms with Gasteiger partial charge in [-0.15, -0.1) is 0 Å². The van der Waals surface area contributed by atoms with Crippen molar-refractivity contribution in [3.8, 4) is 34.0 Å². The molecule has 2 amide bonds. The number of carbonyl (C=O) groups excluding carboxylic acids is 2. The second-order valence-corrected chi connectivity index (χ2v) is 28.2. The van der Waals surface area contributed by atoms with Gasteiger partial charge in [0.15, 0.2) is 0 Å². The number of carboxylic acids is 2. The number of carbonyl (C=O) groups is 4. The van der Waals surface area contributed by atoms with Gasteiger partial charge in [-0.05, 0) is 140 Å². The Bertz CT molecular complexity index is 3960. The number of aromatic carboxylic acids is 2. The summed E-state index contributed by atoms with van der Waals surface area (Å²) in [5.74, 6) is 0.577. The number of amides is 2. The van der Waals surface area contributed by atoms with Crippen LogP contribution in [0.2, 0.25) is 0 Å². The lowest BCUT2D eigenvalue weighted by atomic mass is 9.81. The highest BCUT2D eigenvalue weighted by Gasteiger charge is 2.65. The van der Waals surface area contributed by atoms with Gasteiger partial charge in [0.1, 0.15) is 11.5 Å². The molecule has 492 valence electrons. The number of aromatic nitrogens is 2. The van der Waals surface area contributed by atoms with E-state index in [2.05, 4.69) is 49.0 Å². The molecule has 4 aliphatic carbocycles. The number of hydrogen-bond acceptors (Lipinski definition) is 13. The van der Waals surface area contributed by atoms with E-state index in [1.165, 1.54) is 43.9 Å². The summed E-state index contributed by atoms with van der Waals surface area (Å²) in [5, 5.41) is 38.4. The Morgan fingerprint density at radius 2 is 0.978 bits per heavy atom. The molecule has 2 aromatic heterocycles. The van der Waals surface area contributed by atoms with E-state index in [0.29, 0.717) is 57.6 Å². The number of fused-ring (bicyclic) bond motifs is 14. The molecule has 0 radical (unpaired) electrons. The van der Waals surface area contributed by atoms with Gasteiger partial charge in [-0.3, -0.25) is 9.59 Å². The van der Waals surface area contributed by atoms with Crippen molar-refractivity contribution in [2.45, 2.75) is 114 Å². The highest BCUT2D eigenvalue weighted by Crippen LogP contribution is 2.68. The van der Waals surface area contributed by atoms with Crippen LogP contribution in [0, 0.1) is 10.8 Å². The Morgan fingerprint density at radius 3 is 1.35 bits per heavy atom. The monoisotopic (exact) mass is 1290 g/mol. The molecule has 0 bridgehead atoms. The van der Waals surface area contributed by atoms with Gasteiger partial charge in [-0.1, -0.05) is 50.7 Å². The minimum Gasteiger partial charge on any atom is -0.497 e. The van der Waals surface area contributed by atoms with Crippen LogP contribution in [0.3, 0.4) is 0 Å². The molecular formula is C66H87N9O14S2. The lowest BCUT2D eigenvalue weighted by molar-refractivity contribution is -0.137. The molecule has 9 N–H and O–H groups in total. The maximum atomic E-state index is 14.3. The zero-order valence-electron chi connectivity index (χ0n) is 52.9. The zero-order chi connectivity index (χ0) is 65.3. The fourth-order valence-electron chi connectivity index (χ4n) is 14.9. The Labute approximate surface area is 532 Å². The largest absolute Gasteiger partial charge is 0.497 e. The number of rotatable bonds is 21. The van der Waals surface area contributed by atoms with E-state index < -0.39 is 43.2 Å². The van der Waals surface area contributed by atoms with E-state index in [1.807, 2.05) is 49.3 Å². The molecule has 4 heterocycles. The first kappa shape index (κ1) is 67.0. The minimum absolute atomic E-state index is 0.00910. The van der Waals surface area contributed by atoms with Gasteiger partial charge in [0.25, 0.3) is 20.4 Å². The normalized spacial score (nSPS) is 20.8. The second kappa shape index (κ2) is 27.3. The van der Waals surface area contributed by atoms with Crippen LogP contribution >= 0.6 is 0 Å². The van der Waals surface area contributed by atoms with Gasteiger partial charge in [0, 0.05) is 105 Å². The standard InChI is InChI=1S/C33H42N4O7S.C33H41N3O5.H4N2O2S/c1-35(13-15-44-16-14-36(2)45(34,41)42)32(40)33-19-27(33)26-18-23(43-3)10-12-24(26)30-29(21-7-5-4-6-8-21)25-11-9-22(31(38)39)17-28(25)37(30)20-33;1-34-13-15-41-16-14-35(2)32(39)33-19-27(33)26-18-23(40-3)10-12-24(26)30-29(21-7-5-4-6-8-21)25-11-9-22(31(37)38)17-28(25)36(30)20-33;1-5(2,3)4/h9-12,17-18,21,27H,4-8,13-16,19-20H2,1-3H3,(H,38,39)(H2,34,41,42);9-12,17-18,21,27,34H,4-8,13-16,19-20H2,1-3H3,(H,37,38);(H4,1,2,3,4)/t2*27-,33-;/m00./s1. The van der Waals surface area contributed by atoms with Crippen molar-refractivity contribution in [2.24, 2.45) is 26.2 Å². The zero-order valence-corrected chi connectivity index (χ0v) is 54.5. The van der Waals surface area contributed by atoms with E-state index in [4.69, 9.17) is 24.1 Å². The third-order valence-electron chi connectivity index (χ3n) is 19.7. The summed E-state index contributed by atoms with van der Waals surface area (Å²) < 4.78 is 69.5. The van der Waals surface area contributed by atoms with Gasteiger partial charge < -0.3 is 53.4 Å². The van der Waals surface area contributed by atoms with Gasteiger partial charge in [-0.25, -0.2) is 25.0 Å². The molecule has 0 spiro atoms. The molecule has 0 saturated heterocycles. The van der Waals surface area contributed by atoms with Crippen LogP contribution in [0.1, 0.15) is 144 Å². The lowest BCUT2D eigenvalue weighted by Crippen LogP contribution is -2.39. The molecular weight excluding hydrogens is 1210 g/mol. The topological polar surface area (TPSA) is 324 Å². The Morgan fingerprint density at radius 1 is 0.582 bits per heavy atom. The van der Waals surface area contributed by atoms with Crippen LogP contribution in [0.15, 0.2) is 72.8 Å². The van der Waals surface area contributed by atoms with E-state index in [-0.39, 0.29) is 54.5 Å². The number of methoxy groups -OCH3 is 2. The summed E-state index contributed by atoms with van der Waals surface area (Å²) in [6.07, 6.45) is 13.1. The highest BCUT2D eigenvalue weighted by atomic mass is 32.2. The summed E-state index contributed by atoms with van der Waals surface area (Å²) in [4.78, 5) is 56.3. The summed E-state index contributed by atoms with van der Waals surface area (Å²) in [6, 6.07) is 23.4. The van der Waals surface area contributed by atoms with E-state index in [0.717, 1.165) is 123 Å². The maximum absolute atomic E-state index is 14.3. The first-order valence-electron chi connectivity index (χ1n) is 31.4. The number of likely N-dealkylation sites (N-methyl/N-ethyl adjacent to an activating group) is 4. The number of nitrogens with one attached hydrogen (secondary N) is 1. The van der Waals surface area contributed by atoms with Crippen LogP contribution in [0.5, 0.6) is 11.5 Å². The van der Waals surface area contributed by atoms with Crippen molar-refractivity contribution < 1.29 is 65.2 Å². The summed E-state index contributed by atoms with van der Waals surface area (Å²) in [7, 11) is 2.81. The molecule has 6 aliphatic rings. The molecule has 25 heteroatoms. The third kappa shape index (κ3) is 13.9. The first-order chi connectivity index (χ1) is 43.3. The lowest BCUT2D eigenvalue weighted by Gasteiger charge is -2.26. The van der Waals surface area contributed by atoms with Gasteiger partial charge >= 0.3 is 11.9 Å². The maximum Gasteiger partial charge on any atom is 0.335 e.